The Bertz CT molecular complexity index is 407. The average molecular weight is 245 g/mol. The predicted molar refractivity (Wildman–Crippen MR) is 62.0 cm³/mol. The van der Waals surface area contributed by atoms with Crippen molar-refractivity contribution in [3.63, 3.8) is 0 Å². The standard InChI is InChI=1S/C10H13ClN2O3/c1-6(12)5-7-8(11)3-4-9(16-2)10(7)13(14)15/h3-4,6H,5,12H2,1-2H3. The highest BCUT2D eigenvalue weighted by Crippen LogP contribution is 2.36. The van der Waals surface area contributed by atoms with Crippen LogP contribution in [0, 0.1) is 10.1 Å². The fourth-order valence-corrected chi connectivity index (χ4v) is 1.70. The maximum atomic E-state index is 11.0. The van der Waals surface area contributed by atoms with Gasteiger partial charge in [-0.15, -0.1) is 0 Å². The van der Waals surface area contributed by atoms with E-state index < -0.39 is 4.92 Å². The number of nitro benzene ring substituents is 1. The molecular formula is C10H13ClN2O3. The van der Waals surface area contributed by atoms with Crippen LogP contribution in [0.1, 0.15) is 12.5 Å². The van der Waals surface area contributed by atoms with Crippen molar-refractivity contribution in [2.24, 2.45) is 5.73 Å². The third-order valence-corrected chi connectivity index (χ3v) is 2.47. The lowest BCUT2D eigenvalue weighted by Crippen LogP contribution is -2.19. The van der Waals surface area contributed by atoms with Gasteiger partial charge < -0.3 is 10.5 Å². The average Bonchev–Trinajstić information content (AvgIpc) is 2.19. The molecule has 1 unspecified atom stereocenters. The molecule has 0 aliphatic rings. The van der Waals surface area contributed by atoms with E-state index >= 15 is 0 Å². The summed E-state index contributed by atoms with van der Waals surface area (Å²) in [5, 5.41) is 11.3. The molecule has 6 heteroatoms. The molecule has 0 fully saturated rings. The zero-order chi connectivity index (χ0) is 12.3. The Hall–Kier alpha value is -1.33. The summed E-state index contributed by atoms with van der Waals surface area (Å²) in [6.07, 6.45) is 0.340. The molecule has 1 atom stereocenters. The molecule has 0 saturated carbocycles. The second-order valence-corrected chi connectivity index (χ2v) is 3.92. The monoisotopic (exact) mass is 244 g/mol. The summed E-state index contributed by atoms with van der Waals surface area (Å²) in [6, 6.07) is 2.85. The lowest BCUT2D eigenvalue weighted by atomic mass is 10.0. The van der Waals surface area contributed by atoms with E-state index in [0.717, 1.165) is 0 Å². The summed E-state index contributed by atoms with van der Waals surface area (Å²) >= 11 is 5.93. The molecule has 1 aromatic rings. The first-order valence-electron chi connectivity index (χ1n) is 4.72. The molecule has 0 aromatic heterocycles. The Morgan fingerprint density at radius 3 is 2.69 bits per heavy atom. The van der Waals surface area contributed by atoms with Crippen molar-refractivity contribution in [1.29, 1.82) is 0 Å². The van der Waals surface area contributed by atoms with Gasteiger partial charge in [0.2, 0.25) is 0 Å². The van der Waals surface area contributed by atoms with Crippen LogP contribution < -0.4 is 10.5 Å². The van der Waals surface area contributed by atoms with Gasteiger partial charge in [-0.2, -0.15) is 0 Å². The smallest absolute Gasteiger partial charge is 0.315 e. The highest BCUT2D eigenvalue weighted by Gasteiger charge is 2.23. The van der Waals surface area contributed by atoms with Crippen molar-refractivity contribution in [3.05, 3.63) is 32.8 Å². The molecule has 0 heterocycles. The van der Waals surface area contributed by atoms with Crippen molar-refractivity contribution in [3.8, 4) is 5.75 Å². The maximum absolute atomic E-state index is 11.0. The van der Waals surface area contributed by atoms with Crippen molar-refractivity contribution in [2.45, 2.75) is 19.4 Å². The minimum Gasteiger partial charge on any atom is -0.490 e. The molecule has 1 aromatic carbocycles. The molecule has 0 aliphatic heterocycles. The number of benzene rings is 1. The first-order chi connectivity index (χ1) is 7.47. The molecule has 1 rings (SSSR count). The van der Waals surface area contributed by atoms with E-state index in [-0.39, 0.29) is 17.5 Å². The molecule has 2 N–H and O–H groups in total. The summed E-state index contributed by atoms with van der Waals surface area (Å²) in [4.78, 5) is 10.5. The fourth-order valence-electron chi connectivity index (χ4n) is 1.47. The van der Waals surface area contributed by atoms with Crippen LogP contribution in [0.3, 0.4) is 0 Å². The molecule has 0 radical (unpaired) electrons. The van der Waals surface area contributed by atoms with E-state index in [1.54, 1.807) is 13.0 Å². The van der Waals surface area contributed by atoms with Crippen LogP contribution in [0.4, 0.5) is 5.69 Å². The highest BCUT2D eigenvalue weighted by molar-refractivity contribution is 6.31. The summed E-state index contributed by atoms with van der Waals surface area (Å²) in [5.41, 5.74) is 5.95. The number of hydrogen-bond acceptors (Lipinski definition) is 4. The molecule has 88 valence electrons. The van der Waals surface area contributed by atoms with Crippen LogP contribution in [0.25, 0.3) is 0 Å². The van der Waals surface area contributed by atoms with Crippen molar-refractivity contribution in [2.75, 3.05) is 7.11 Å². The quantitative estimate of drug-likeness (QED) is 0.650. The van der Waals surface area contributed by atoms with Crippen molar-refractivity contribution >= 4 is 17.3 Å². The molecule has 0 bridgehead atoms. The molecule has 0 saturated heterocycles. The minimum atomic E-state index is -0.498. The Kier molecular flexibility index (Phi) is 4.09. The molecule has 5 nitrogen and oxygen atoms in total. The van der Waals surface area contributed by atoms with Gasteiger partial charge in [-0.05, 0) is 25.5 Å². The zero-order valence-electron chi connectivity index (χ0n) is 9.07. The number of ether oxygens (including phenoxy) is 1. The number of methoxy groups -OCH3 is 1. The summed E-state index contributed by atoms with van der Waals surface area (Å²) in [5.74, 6) is 0.199. The van der Waals surface area contributed by atoms with Crippen LogP contribution in [0.5, 0.6) is 5.75 Å². The number of hydrogen-bond donors (Lipinski definition) is 1. The van der Waals surface area contributed by atoms with Gasteiger partial charge in [0, 0.05) is 6.04 Å². The lowest BCUT2D eigenvalue weighted by molar-refractivity contribution is -0.386. The first kappa shape index (κ1) is 12.7. The predicted octanol–water partition coefficient (Wildman–Crippen LogP) is 2.15. The van der Waals surface area contributed by atoms with Gasteiger partial charge in [-0.25, -0.2) is 0 Å². The minimum absolute atomic E-state index is 0.104. The topological polar surface area (TPSA) is 78.4 Å². The largest absolute Gasteiger partial charge is 0.490 e. The molecule has 0 aliphatic carbocycles. The third-order valence-electron chi connectivity index (χ3n) is 2.12. The Morgan fingerprint density at radius 2 is 2.25 bits per heavy atom. The first-order valence-corrected chi connectivity index (χ1v) is 5.10. The highest BCUT2D eigenvalue weighted by atomic mass is 35.5. The van der Waals surface area contributed by atoms with Crippen LogP contribution in [0.15, 0.2) is 12.1 Å². The number of halogens is 1. The van der Waals surface area contributed by atoms with Gasteiger partial charge in [-0.3, -0.25) is 10.1 Å². The number of rotatable bonds is 4. The fraction of sp³-hybridized carbons (Fsp3) is 0.400. The third kappa shape index (κ3) is 2.62. The van der Waals surface area contributed by atoms with E-state index in [4.69, 9.17) is 22.1 Å². The van der Waals surface area contributed by atoms with Crippen molar-refractivity contribution in [1.82, 2.24) is 0 Å². The zero-order valence-corrected chi connectivity index (χ0v) is 9.82. The van der Waals surface area contributed by atoms with Crippen LogP contribution in [0.2, 0.25) is 5.02 Å². The summed E-state index contributed by atoms with van der Waals surface area (Å²) in [6.45, 7) is 1.76. The van der Waals surface area contributed by atoms with Gasteiger partial charge in [0.25, 0.3) is 0 Å². The Morgan fingerprint density at radius 1 is 1.62 bits per heavy atom. The molecule has 0 amide bonds. The SMILES string of the molecule is COc1ccc(Cl)c(CC(C)N)c1[N+](=O)[O-]. The van der Waals surface area contributed by atoms with Crippen LogP contribution in [-0.4, -0.2) is 18.1 Å². The normalized spacial score (nSPS) is 12.2. The lowest BCUT2D eigenvalue weighted by Gasteiger charge is -2.10. The van der Waals surface area contributed by atoms with E-state index in [9.17, 15) is 10.1 Å². The maximum Gasteiger partial charge on any atom is 0.315 e. The van der Waals surface area contributed by atoms with Gasteiger partial charge >= 0.3 is 5.69 Å². The molecule has 0 spiro atoms. The summed E-state index contributed by atoms with van der Waals surface area (Å²) < 4.78 is 4.94. The Balaban J connectivity index is 3.35. The molecular weight excluding hydrogens is 232 g/mol. The van der Waals surface area contributed by atoms with Gasteiger partial charge in [0.15, 0.2) is 5.75 Å². The second-order valence-electron chi connectivity index (χ2n) is 3.52. The van der Waals surface area contributed by atoms with E-state index in [1.165, 1.54) is 13.2 Å². The summed E-state index contributed by atoms with van der Waals surface area (Å²) in [7, 11) is 1.38. The number of nitrogens with zero attached hydrogens (tertiary/aromatic N) is 1. The second kappa shape index (κ2) is 5.14. The van der Waals surface area contributed by atoms with E-state index in [2.05, 4.69) is 0 Å². The number of nitrogens with two attached hydrogens (primary N) is 1. The molecule has 16 heavy (non-hydrogen) atoms. The van der Waals surface area contributed by atoms with E-state index in [0.29, 0.717) is 17.0 Å². The Labute approximate surface area is 98.3 Å². The van der Waals surface area contributed by atoms with Gasteiger partial charge in [-0.1, -0.05) is 11.6 Å². The number of nitro groups is 1. The van der Waals surface area contributed by atoms with E-state index in [1.807, 2.05) is 0 Å². The van der Waals surface area contributed by atoms with Crippen molar-refractivity contribution < 1.29 is 9.66 Å². The van der Waals surface area contributed by atoms with Gasteiger partial charge in [0.05, 0.1) is 22.6 Å². The van der Waals surface area contributed by atoms with Gasteiger partial charge in [0.1, 0.15) is 0 Å². The van der Waals surface area contributed by atoms with Crippen LogP contribution >= 0.6 is 11.6 Å². The van der Waals surface area contributed by atoms with Crippen LogP contribution in [-0.2, 0) is 6.42 Å².